The minimum Gasteiger partial charge on any atom is -0.448 e. The molecule has 154 valence electrons. The van der Waals surface area contributed by atoms with E-state index in [2.05, 4.69) is 20.4 Å². The maximum Gasteiger partial charge on any atom is 0.297 e. The van der Waals surface area contributed by atoms with Crippen LogP contribution in [-0.4, -0.2) is 25.6 Å². The number of rotatable bonds is 6. The summed E-state index contributed by atoms with van der Waals surface area (Å²) in [7, 11) is 0. The maximum absolute atomic E-state index is 12.8. The Morgan fingerprint density at radius 2 is 2.10 bits per heavy atom. The number of carbonyl (C=O) groups excluding carboxylic acids is 1. The first-order chi connectivity index (χ1) is 14.5. The van der Waals surface area contributed by atoms with E-state index in [-0.39, 0.29) is 24.0 Å². The topological polar surface area (TPSA) is 116 Å². The summed E-state index contributed by atoms with van der Waals surface area (Å²) in [5.41, 5.74) is 0.812. The number of nitrogens with zero attached hydrogens (tertiary/aromatic N) is 4. The Morgan fingerprint density at radius 3 is 2.87 bits per heavy atom. The van der Waals surface area contributed by atoms with Gasteiger partial charge in [0.1, 0.15) is 23.7 Å². The first-order valence-electron chi connectivity index (χ1n) is 10.0. The fraction of sp³-hybridized carbons (Fsp3) is 0.381. The smallest absolute Gasteiger partial charge is 0.297 e. The zero-order valence-corrected chi connectivity index (χ0v) is 16.7. The Labute approximate surface area is 171 Å². The average molecular weight is 407 g/mol. The third-order valence-corrected chi connectivity index (χ3v) is 5.31. The first kappa shape index (κ1) is 18.5. The van der Waals surface area contributed by atoms with Crippen LogP contribution in [0, 0.1) is 5.92 Å². The van der Waals surface area contributed by atoms with E-state index in [1.165, 1.54) is 10.9 Å². The minimum atomic E-state index is -0.434. The molecule has 9 nitrogen and oxygen atoms in total. The molecular formula is C21H21N5O4. The van der Waals surface area contributed by atoms with E-state index in [1.54, 1.807) is 6.07 Å². The van der Waals surface area contributed by atoms with E-state index in [9.17, 15) is 9.59 Å². The van der Waals surface area contributed by atoms with E-state index < -0.39 is 11.6 Å². The molecule has 0 bridgehead atoms. The van der Waals surface area contributed by atoms with Crippen molar-refractivity contribution in [2.45, 2.75) is 45.2 Å². The molecule has 1 N–H and O–H groups in total. The first-order valence-corrected chi connectivity index (χ1v) is 10.0. The van der Waals surface area contributed by atoms with E-state index in [1.807, 2.05) is 32.0 Å². The average Bonchev–Trinajstić information content (AvgIpc) is 3.34. The van der Waals surface area contributed by atoms with Gasteiger partial charge in [0.05, 0.1) is 6.33 Å². The lowest BCUT2D eigenvalue weighted by Gasteiger charge is -2.18. The standard InChI is InChI=1S/C21H21N5O4/c1-11(2)16(20-24-19(25-30-20)12-7-8-12)23-15(27)9-26-10-22-17-13-5-3-4-6-14(13)29-18(17)21(26)28/h3-6,10-12,16H,7-9H2,1-2H3,(H,23,27). The summed E-state index contributed by atoms with van der Waals surface area (Å²) in [6, 6.07) is 6.88. The van der Waals surface area contributed by atoms with Crippen molar-refractivity contribution in [3.8, 4) is 0 Å². The van der Waals surface area contributed by atoms with Gasteiger partial charge < -0.3 is 14.3 Å². The van der Waals surface area contributed by atoms with Gasteiger partial charge in [-0.25, -0.2) is 4.98 Å². The summed E-state index contributed by atoms with van der Waals surface area (Å²) in [5.74, 6) is 1.14. The van der Waals surface area contributed by atoms with Gasteiger partial charge in [0.25, 0.3) is 5.56 Å². The van der Waals surface area contributed by atoms with Gasteiger partial charge in [0.2, 0.25) is 17.4 Å². The van der Waals surface area contributed by atoms with Gasteiger partial charge in [-0.2, -0.15) is 4.98 Å². The SMILES string of the molecule is CC(C)C(NC(=O)Cn1cnc2c(oc3ccccc32)c1=O)c1nc(C2CC2)no1. The van der Waals surface area contributed by atoms with Crippen LogP contribution in [0.5, 0.6) is 0 Å². The summed E-state index contributed by atoms with van der Waals surface area (Å²) >= 11 is 0. The molecular weight excluding hydrogens is 386 g/mol. The zero-order valence-electron chi connectivity index (χ0n) is 16.7. The summed E-state index contributed by atoms with van der Waals surface area (Å²) in [4.78, 5) is 34.3. The number of nitrogens with one attached hydrogen (secondary N) is 1. The second-order valence-corrected chi connectivity index (χ2v) is 8.01. The highest BCUT2D eigenvalue weighted by atomic mass is 16.5. The van der Waals surface area contributed by atoms with Crippen LogP contribution in [0.3, 0.4) is 0 Å². The molecule has 1 saturated carbocycles. The number of fused-ring (bicyclic) bond motifs is 3. The molecule has 1 atom stereocenters. The highest BCUT2D eigenvalue weighted by molar-refractivity contribution is 6.01. The van der Waals surface area contributed by atoms with Gasteiger partial charge in [0.15, 0.2) is 5.82 Å². The molecule has 0 spiro atoms. The van der Waals surface area contributed by atoms with Crippen LogP contribution >= 0.6 is 0 Å². The molecule has 0 aliphatic heterocycles. The molecule has 0 saturated heterocycles. The lowest BCUT2D eigenvalue weighted by molar-refractivity contribution is -0.123. The number of hydrogen-bond acceptors (Lipinski definition) is 7. The number of furan rings is 1. The Morgan fingerprint density at radius 1 is 1.30 bits per heavy atom. The van der Waals surface area contributed by atoms with Crippen molar-refractivity contribution in [3.63, 3.8) is 0 Å². The zero-order chi connectivity index (χ0) is 20.8. The number of carbonyl (C=O) groups is 1. The Balaban J connectivity index is 1.38. The minimum absolute atomic E-state index is 0.0363. The van der Waals surface area contributed by atoms with Crippen LogP contribution in [0.4, 0.5) is 0 Å². The molecule has 0 radical (unpaired) electrons. The largest absolute Gasteiger partial charge is 0.448 e. The van der Waals surface area contributed by atoms with E-state index in [0.29, 0.717) is 28.7 Å². The van der Waals surface area contributed by atoms with Gasteiger partial charge in [-0.1, -0.05) is 31.1 Å². The number of aromatic nitrogens is 4. The Hall–Kier alpha value is -3.49. The normalized spacial score (nSPS) is 15.2. The molecule has 1 aromatic carbocycles. The van der Waals surface area contributed by atoms with Crippen molar-refractivity contribution in [1.82, 2.24) is 25.0 Å². The van der Waals surface area contributed by atoms with Gasteiger partial charge in [-0.05, 0) is 30.9 Å². The van der Waals surface area contributed by atoms with Crippen LogP contribution in [0.2, 0.25) is 0 Å². The predicted octanol–water partition coefficient (Wildman–Crippen LogP) is 2.92. The van der Waals surface area contributed by atoms with E-state index >= 15 is 0 Å². The molecule has 3 aromatic heterocycles. The second kappa shape index (κ2) is 7.08. The van der Waals surface area contributed by atoms with Crippen LogP contribution in [0.1, 0.15) is 50.4 Å². The molecule has 1 amide bonds. The quantitative estimate of drug-likeness (QED) is 0.522. The highest BCUT2D eigenvalue weighted by Crippen LogP contribution is 2.38. The van der Waals surface area contributed by atoms with Gasteiger partial charge in [0, 0.05) is 11.3 Å². The van der Waals surface area contributed by atoms with Crippen molar-refractivity contribution >= 4 is 28.0 Å². The predicted molar refractivity (Wildman–Crippen MR) is 108 cm³/mol. The molecule has 1 unspecified atom stereocenters. The van der Waals surface area contributed by atoms with Crippen molar-refractivity contribution in [1.29, 1.82) is 0 Å². The van der Waals surface area contributed by atoms with Gasteiger partial charge in [-0.3, -0.25) is 14.2 Å². The molecule has 1 fully saturated rings. The lowest BCUT2D eigenvalue weighted by Crippen LogP contribution is -2.36. The lowest BCUT2D eigenvalue weighted by atomic mass is 10.0. The second-order valence-electron chi connectivity index (χ2n) is 8.01. The van der Waals surface area contributed by atoms with Gasteiger partial charge >= 0.3 is 0 Å². The van der Waals surface area contributed by atoms with Crippen LogP contribution in [0.25, 0.3) is 22.1 Å². The monoisotopic (exact) mass is 407 g/mol. The van der Waals surface area contributed by atoms with Crippen molar-refractivity contribution in [2.75, 3.05) is 0 Å². The third-order valence-electron chi connectivity index (χ3n) is 5.31. The highest BCUT2D eigenvalue weighted by Gasteiger charge is 2.31. The molecule has 3 heterocycles. The van der Waals surface area contributed by atoms with Crippen LogP contribution in [-0.2, 0) is 11.3 Å². The van der Waals surface area contributed by atoms with Crippen molar-refractivity contribution in [3.05, 3.63) is 52.7 Å². The third kappa shape index (κ3) is 3.26. The molecule has 4 aromatic rings. The summed E-state index contributed by atoms with van der Waals surface area (Å²) in [6.07, 6.45) is 3.50. The summed E-state index contributed by atoms with van der Waals surface area (Å²) in [6.45, 7) is 3.73. The van der Waals surface area contributed by atoms with Crippen molar-refractivity contribution < 1.29 is 13.7 Å². The fourth-order valence-corrected chi connectivity index (χ4v) is 3.50. The van der Waals surface area contributed by atoms with Crippen LogP contribution < -0.4 is 10.9 Å². The molecule has 5 rings (SSSR count). The number of para-hydroxylation sites is 1. The van der Waals surface area contributed by atoms with Crippen molar-refractivity contribution in [2.24, 2.45) is 5.92 Å². The number of amides is 1. The summed E-state index contributed by atoms with van der Waals surface area (Å²) in [5, 5.41) is 7.70. The molecule has 30 heavy (non-hydrogen) atoms. The number of hydrogen-bond donors (Lipinski definition) is 1. The summed E-state index contributed by atoms with van der Waals surface area (Å²) < 4.78 is 12.3. The number of benzene rings is 1. The Kier molecular flexibility index (Phi) is 4.38. The molecule has 1 aliphatic rings. The fourth-order valence-electron chi connectivity index (χ4n) is 3.50. The molecule has 1 aliphatic carbocycles. The molecule has 9 heteroatoms. The van der Waals surface area contributed by atoms with E-state index in [4.69, 9.17) is 8.94 Å². The van der Waals surface area contributed by atoms with Gasteiger partial charge in [-0.15, -0.1) is 0 Å². The Bertz CT molecular complexity index is 1300. The van der Waals surface area contributed by atoms with E-state index in [0.717, 1.165) is 18.2 Å². The van der Waals surface area contributed by atoms with Crippen LogP contribution in [0.15, 0.2) is 44.3 Å². The maximum atomic E-state index is 12.8.